The number of hydrogen-bond donors (Lipinski definition) is 2. The van der Waals surface area contributed by atoms with E-state index in [0.717, 1.165) is 11.8 Å². The van der Waals surface area contributed by atoms with Gasteiger partial charge in [-0.25, -0.2) is 9.59 Å². The molecule has 27 heavy (non-hydrogen) atoms. The molecule has 0 bridgehead atoms. The summed E-state index contributed by atoms with van der Waals surface area (Å²) in [4.78, 5) is 38.8. The van der Waals surface area contributed by atoms with Gasteiger partial charge in [0, 0.05) is 43.0 Å². The highest BCUT2D eigenvalue weighted by atomic mass is 35.5. The number of amides is 3. The molecule has 2 heterocycles. The van der Waals surface area contributed by atoms with Crippen molar-refractivity contribution < 1.29 is 23.9 Å². The zero-order chi connectivity index (χ0) is 19.6. The van der Waals surface area contributed by atoms with Crippen molar-refractivity contribution in [3.63, 3.8) is 0 Å². The molecule has 3 rings (SSSR count). The second kappa shape index (κ2) is 7.71. The Morgan fingerprint density at radius 2 is 1.78 bits per heavy atom. The molecule has 0 radical (unpaired) electrons. The number of carbonyl (C=O) groups excluding carboxylic acids is 2. The van der Waals surface area contributed by atoms with Crippen LogP contribution in [0.5, 0.6) is 0 Å². The minimum atomic E-state index is -1.16. The molecule has 142 valence electrons. The minimum absolute atomic E-state index is 0.0281. The number of halogens is 1. The number of urea groups is 1. The van der Waals surface area contributed by atoms with Crippen molar-refractivity contribution in [2.45, 2.75) is 6.92 Å². The van der Waals surface area contributed by atoms with Gasteiger partial charge in [-0.05, 0) is 24.6 Å². The quantitative estimate of drug-likeness (QED) is 0.837. The average Bonchev–Trinajstić information content (AvgIpc) is 3.15. The summed E-state index contributed by atoms with van der Waals surface area (Å²) in [6.45, 7) is 3.23. The van der Waals surface area contributed by atoms with Crippen LogP contribution in [-0.4, -0.2) is 59.0 Å². The molecule has 1 aromatic heterocycles. The van der Waals surface area contributed by atoms with E-state index in [1.807, 2.05) is 13.0 Å². The summed E-state index contributed by atoms with van der Waals surface area (Å²) in [5, 5.41) is 12.3. The molecule has 2 aromatic rings. The van der Waals surface area contributed by atoms with Gasteiger partial charge in [-0.3, -0.25) is 4.79 Å². The van der Waals surface area contributed by atoms with E-state index in [2.05, 4.69) is 5.32 Å². The molecule has 0 atom stereocenters. The van der Waals surface area contributed by atoms with Crippen LogP contribution in [0.4, 0.5) is 10.5 Å². The summed E-state index contributed by atoms with van der Waals surface area (Å²) in [7, 11) is 0. The van der Waals surface area contributed by atoms with Gasteiger partial charge in [-0.2, -0.15) is 0 Å². The number of hydrogen-bond acceptors (Lipinski definition) is 4. The van der Waals surface area contributed by atoms with E-state index in [-0.39, 0.29) is 17.4 Å². The first-order chi connectivity index (χ1) is 12.8. The largest absolute Gasteiger partial charge is 0.478 e. The number of carboxylic acids is 1. The summed E-state index contributed by atoms with van der Waals surface area (Å²) < 4.78 is 5.04. The third-order valence-corrected chi connectivity index (χ3v) is 4.74. The standard InChI is InChI=1S/C18H18ClN3O5/c1-11-2-3-13(9-14(11)19)20-18(26)22-6-4-21(5-7-22)16(23)15-8-12(10-27-15)17(24)25/h2-3,8-10H,4-7H2,1H3,(H,20,26)(H,24,25). The number of anilines is 1. The van der Waals surface area contributed by atoms with Crippen molar-refractivity contribution in [2.75, 3.05) is 31.5 Å². The Kier molecular flexibility index (Phi) is 5.36. The molecule has 1 fully saturated rings. The third-order valence-electron chi connectivity index (χ3n) is 4.33. The lowest BCUT2D eigenvalue weighted by Gasteiger charge is -2.34. The number of benzene rings is 1. The maximum atomic E-state index is 12.4. The normalized spacial score (nSPS) is 14.1. The monoisotopic (exact) mass is 391 g/mol. The Hall–Kier alpha value is -3.00. The second-order valence-electron chi connectivity index (χ2n) is 6.18. The van der Waals surface area contributed by atoms with Gasteiger partial charge in [0.05, 0.1) is 5.56 Å². The van der Waals surface area contributed by atoms with Crippen LogP contribution in [0.3, 0.4) is 0 Å². The van der Waals surface area contributed by atoms with Gasteiger partial charge < -0.3 is 24.6 Å². The van der Waals surface area contributed by atoms with Crippen LogP contribution in [0.2, 0.25) is 5.02 Å². The van der Waals surface area contributed by atoms with Crippen LogP contribution < -0.4 is 5.32 Å². The van der Waals surface area contributed by atoms with Gasteiger partial charge in [0.2, 0.25) is 0 Å². The summed E-state index contributed by atoms with van der Waals surface area (Å²) >= 11 is 6.06. The highest BCUT2D eigenvalue weighted by molar-refractivity contribution is 6.31. The Labute approximate surface area is 160 Å². The number of furan rings is 1. The second-order valence-corrected chi connectivity index (χ2v) is 6.59. The number of rotatable bonds is 3. The zero-order valence-electron chi connectivity index (χ0n) is 14.6. The van der Waals surface area contributed by atoms with Gasteiger partial charge in [-0.1, -0.05) is 17.7 Å². The number of aryl methyl sites for hydroxylation is 1. The molecule has 0 saturated carbocycles. The highest BCUT2D eigenvalue weighted by Crippen LogP contribution is 2.20. The van der Waals surface area contributed by atoms with Crippen molar-refractivity contribution >= 4 is 35.2 Å². The van der Waals surface area contributed by atoms with Crippen LogP contribution >= 0.6 is 11.6 Å². The average molecular weight is 392 g/mol. The van der Waals surface area contributed by atoms with Crippen LogP contribution in [0.25, 0.3) is 0 Å². The van der Waals surface area contributed by atoms with E-state index in [1.165, 1.54) is 11.0 Å². The van der Waals surface area contributed by atoms with E-state index < -0.39 is 11.9 Å². The molecule has 1 aromatic carbocycles. The van der Waals surface area contributed by atoms with Gasteiger partial charge in [-0.15, -0.1) is 0 Å². The SMILES string of the molecule is Cc1ccc(NC(=O)N2CCN(C(=O)c3cc(C(=O)O)co3)CC2)cc1Cl. The van der Waals surface area contributed by atoms with Crippen molar-refractivity contribution in [1.82, 2.24) is 9.80 Å². The molecule has 1 aliphatic rings. The van der Waals surface area contributed by atoms with Gasteiger partial charge in [0.1, 0.15) is 6.26 Å². The molecule has 0 unspecified atom stereocenters. The summed E-state index contributed by atoms with van der Waals surface area (Å²) in [6, 6.07) is 6.21. The maximum Gasteiger partial charge on any atom is 0.338 e. The molecule has 1 aliphatic heterocycles. The van der Waals surface area contributed by atoms with Crippen LogP contribution in [0.15, 0.2) is 34.9 Å². The molecule has 8 nitrogen and oxygen atoms in total. The van der Waals surface area contributed by atoms with E-state index in [0.29, 0.717) is 36.9 Å². The number of carbonyl (C=O) groups is 3. The van der Waals surface area contributed by atoms with Crippen LogP contribution in [-0.2, 0) is 0 Å². The molecule has 3 amide bonds. The molecular weight excluding hydrogens is 374 g/mol. The van der Waals surface area contributed by atoms with Gasteiger partial charge in [0.25, 0.3) is 5.91 Å². The fourth-order valence-electron chi connectivity index (χ4n) is 2.70. The zero-order valence-corrected chi connectivity index (χ0v) is 15.3. The van der Waals surface area contributed by atoms with Gasteiger partial charge in [0.15, 0.2) is 5.76 Å². The molecule has 1 saturated heterocycles. The lowest BCUT2D eigenvalue weighted by molar-refractivity contribution is 0.0639. The number of piperazine rings is 1. The lowest BCUT2D eigenvalue weighted by atomic mass is 10.2. The smallest absolute Gasteiger partial charge is 0.338 e. The fourth-order valence-corrected chi connectivity index (χ4v) is 2.88. The predicted octanol–water partition coefficient (Wildman–Crippen LogP) is 2.93. The first-order valence-corrected chi connectivity index (χ1v) is 8.66. The third kappa shape index (κ3) is 4.22. The molecule has 0 spiro atoms. The van der Waals surface area contributed by atoms with Crippen molar-refractivity contribution in [2.24, 2.45) is 0 Å². The van der Waals surface area contributed by atoms with E-state index >= 15 is 0 Å². The van der Waals surface area contributed by atoms with Crippen LogP contribution in [0.1, 0.15) is 26.5 Å². The first-order valence-electron chi connectivity index (χ1n) is 8.28. The van der Waals surface area contributed by atoms with E-state index in [9.17, 15) is 14.4 Å². The number of nitrogens with one attached hydrogen (secondary N) is 1. The number of carboxylic acid groups (broad SMARTS) is 1. The van der Waals surface area contributed by atoms with E-state index in [4.69, 9.17) is 21.1 Å². The van der Waals surface area contributed by atoms with Crippen molar-refractivity contribution in [1.29, 1.82) is 0 Å². The highest BCUT2D eigenvalue weighted by Gasteiger charge is 2.27. The van der Waals surface area contributed by atoms with Crippen LogP contribution in [0, 0.1) is 6.92 Å². The van der Waals surface area contributed by atoms with Crippen molar-refractivity contribution in [3.05, 3.63) is 52.4 Å². The Morgan fingerprint density at radius 3 is 2.37 bits per heavy atom. The lowest BCUT2D eigenvalue weighted by Crippen LogP contribution is -2.51. The van der Waals surface area contributed by atoms with E-state index in [1.54, 1.807) is 17.0 Å². The minimum Gasteiger partial charge on any atom is -0.478 e. The molecular formula is C18H18ClN3O5. The first kappa shape index (κ1) is 18.8. The van der Waals surface area contributed by atoms with Gasteiger partial charge >= 0.3 is 12.0 Å². The Bertz CT molecular complexity index is 887. The Balaban J connectivity index is 1.56. The summed E-state index contributed by atoms with van der Waals surface area (Å²) in [6.07, 6.45) is 1.03. The molecule has 9 heteroatoms. The molecule has 0 aliphatic carbocycles. The fraction of sp³-hybridized carbons (Fsp3) is 0.278. The van der Waals surface area contributed by atoms with Crippen molar-refractivity contribution in [3.8, 4) is 0 Å². The summed E-state index contributed by atoms with van der Waals surface area (Å²) in [5.41, 5.74) is 1.45. The Morgan fingerprint density at radius 1 is 1.11 bits per heavy atom. The maximum absolute atomic E-state index is 12.4. The number of nitrogens with zero attached hydrogens (tertiary/aromatic N) is 2. The molecule has 2 N–H and O–H groups in total. The summed E-state index contributed by atoms with van der Waals surface area (Å²) in [5.74, 6) is -1.58. The number of aromatic carboxylic acids is 1. The predicted molar refractivity (Wildman–Crippen MR) is 98.4 cm³/mol. The topological polar surface area (TPSA) is 103 Å².